The highest BCUT2D eigenvalue weighted by atomic mass is 16.2. The molecule has 1 aromatic carbocycles. The van der Waals surface area contributed by atoms with Crippen LogP contribution in [0.3, 0.4) is 0 Å². The van der Waals surface area contributed by atoms with Gasteiger partial charge in [0.25, 0.3) is 5.91 Å². The van der Waals surface area contributed by atoms with E-state index in [1.54, 1.807) is 10.7 Å². The number of aryl methyl sites for hydroxylation is 2. The molecule has 3 heterocycles. The van der Waals surface area contributed by atoms with E-state index in [1.807, 2.05) is 36.9 Å². The van der Waals surface area contributed by atoms with Crippen molar-refractivity contribution in [2.75, 3.05) is 26.7 Å². The number of piperazine rings is 1. The first-order valence-electron chi connectivity index (χ1n) is 10.5. The minimum atomic E-state index is -0.598. The number of hydrogen-bond acceptors (Lipinski definition) is 5. The fraction of sp³-hybridized carbons (Fsp3) is 0.391. The second kappa shape index (κ2) is 8.47. The van der Waals surface area contributed by atoms with E-state index < -0.39 is 5.91 Å². The maximum absolute atomic E-state index is 13.2. The van der Waals surface area contributed by atoms with E-state index in [0.29, 0.717) is 25.0 Å². The van der Waals surface area contributed by atoms with Crippen molar-refractivity contribution in [2.45, 2.75) is 32.7 Å². The molecule has 2 N–H and O–H groups in total. The summed E-state index contributed by atoms with van der Waals surface area (Å²) in [6.07, 6.45) is 2.55. The zero-order chi connectivity index (χ0) is 22.1. The van der Waals surface area contributed by atoms with Crippen LogP contribution in [-0.4, -0.2) is 62.7 Å². The van der Waals surface area contributed by atoms with Gasteiger partial charge in [-0.1, -0.05) is 30.3 Å². The number of benzene rings is 1. The second-order valence-electron chi connectivity index (χ2n) is 8.19. The molecule has 1 saturated heterocycles. The third-order valence-corrected chi connectivity index (χ3v) is 6.16. The minimum Gasteiger partial charge on any atom is -0.364 e. The lowest BCUT2D eigenvalue weighted by Crippen LogP contribution is -2.49. The number of aromatic nitrogens is 3. The van der Waals surface area contributed by atoms with E-state index in [2.05, 4.69) is 34.0 Å². The highest BCUT2D eigenvalue weighted by Gasteiger charge is 2.30. The van der Waals surface area contributed by atoms with Gasteiger partial charge in [-0.2, -0.15) is 0 Å². The fourth-order valence-corrected chi connectivity index (χ4v) is 4.42. The summed E-state index contributed by atoms with van der Waals surface area (Å²) in [5.41, 5.74) is 9.91. The molecule has 162 valence electrons. The number of primary amides is 1. The number of amides is 2. The Bertz CT molecular complexity index is 1120. The largest absolute Gasteiger partial charge is 0.364 e. The average Bonchev–Trinajstić information content (AvgIpc) is 3.18. The third-order valence-electron chi connectivity index (χ3n) is 6.16. The Morgan fingerprint density at radius 1 is 1.16 bits per heavy atom. The number of likely N-dealkylation sites (N-methyl/N-ethyl adjacent to an activating group) is 1. The van der Waals surface area contributed by atoms with Crippen LogP contribution in [0.5, 0.6) is 0 Å². The first-order chi connectivity index (χ1) is 14.9. The number of carbonyl (C=O) groups is 2. The summed E-state index contributed by atoms with van der Waals surface area (Å²) in [6, 6.07) is 10.3. The van der Waals surface area contributed by atoms with Crippen molar-refractivity contribution in [1.82, 2.24) is 24.2 Å². The number of hydrogen-bond donors (Lipinski definition) is 1. The van der Waals surface area contributed by atoms with Gasteiger partial charge in [0, 0.05) is 37.4 Å². The predicted octanol–water partition coefficient (Wildman–Crippen LogP) is 1.89. The molecule has 2 amide bonds. The Balaban J connectivity index is 1.55. The van der Waals surface area contributed by atoms with Gasteiger partial charge < -0.3 is 15.5 Å². The highest BCUT2D eigenvalue weighted by molar-refractivity contribution is 5.96. The topological polar surface area (TPSA) is 96.8 Å². The number of carbonyl (C=O) groups excluding carboxylic acids is 2. The molecule has 1 aliphatic heterocycles. The normalized spacial score (nSPS) is 17.3. The van der Waals surface area contributed by atoms with E-state index in [4.69, 9.17) is 5.73 Å². The molecule has 8 nitrogen and oxygen atoms in total. The summed E-state index contributed by atoms with van der Waals surface area (Å²) in [4.78, 5) is 37.8. The van der Waals surface area contributed by atoms with Crippen molar-refractivity contribution in [1.29, 1.82) is 0 Å². The summed E-state index contributed by atoms with van der Waals surface area (Å²) in [7, 11) is 2.09. The predicted molar refractivity (Wildman–Crippen MR) is 118 cm³/mol. The van der Waals surface area contributed by atoms with Crippen molar-refractivity contribution in [3.63, 3.8) is 0 Å². The van der Waals surface area contributed by atoms with Gasteiger partial charge in [-0.3, -0.25) is 14.0 Å². The lowest BCUT2D eigenvalue weighted by Gasteiger charge is -2.40. The number of nitrogens with two attached hydrogens (primary N) is 1. The van der Waals surface area contributed by atoms with Crippen molar-refractivity contribution in [2.24, 2.45) is 5.73 Å². The lowest BCUT2D eigenvalue weighted by molar-refractivity contribution is -0.136. The molecule has 0 bridgehead atoms. The fourth-order valence-electron chi connectivity index (χ4n) is 4.42. The van der Waals surface area contributed by atoms with Crippen LogP contribution in [0.25, 0.3) is 5.65 Å². The van der Waals surface area contributed by atoms with Crippen LogP contribution in [0, 0.1) is 13.8 Å². The summed E-state index contributed by atoms with van der Waals surface area (Å²) < 4.78 is 1.77. The van der Waals surface area contributed by atoms with Crippen molar-refractivity contribution < 1.29 is 9.59 Å². The van der Waals surface area contributed by atoms with Gasteiger partial charge in [0.2, 0.25) is 5.91 Å². The van der Waals surface area contributed by atoms with Crippen molar-refractivity contribution >= 4 is 17.5 Å². The van der Waals surface area contributed by atoms with Crippen molar-refractivity contribution in [3.05, 3.63) is 64.9 Å². The minimum absolute atomic E-state index is 0.0574. The summed E-state index contributed by atoms with van der Waals surface area (Å²) in [6.45, 7) is 6.26. The molecule has 4 rings (SSSR count). The van der Waals surface area contributed by atoms with E-state index in [1.165, 1.54) is 0 Å². The molecule has 2 aromatic heterocycles. The summed E-state index contributed by atoms with van der Waals surface area (Å²) in [5.74, 6) is -0.456. The van der Waals surface area contributed by atoms with Gasteiger partial charge in [-0.15, -0.1) is 0 Å². The maximum Gasteiger partial charge on any atom is 0.271 e. The smallest absolute Gasteiger partial charge is 0.271 e. The molecule has 31 heavy (non-hydrogen) atoms. The van der Waals surface area contributed by atoms with Gasteiger partial charge >= 0.3 is 0 Å². The van der Waals surface area contributed by atoms with Crippen LogP contribution in [0.4, 0.5) is 0 Å². The third kappa shape index (κ3) is 4.03. The van der Waals surface area contributed by atoms with E-state index >= 15 is 0 Å². The molecule has 1 atom stereocenters. The Kier molecular flexibility index (Phi) is 5.73. The first kappa shape index (κ1) is 21.0. The number of rotatable bonds is 5. The van der Waals surface area contributed by atoms with Crippen LogP contribution in [0.15, 0.2) is 36.7 Å². The van der Waals surface area contributed by atoms with Crippen LogP contribution < -0.4 is 5.73 Å². The maximum atomic E-state index is 13.2. The Morgan fingerprint density at radius 3 is 2.61 bits per heavy atom. The zero-order valence-electron chi connectivity index (χ0n) is 18.2. The molecule has 1 aliphatic rings. The molecule has 0 radical (unpaired) electrons. The van der Waals surface area contributed by atoms with Gasteiger partial charge in [0.05, 0.1) is 6.04 Å². The van der Waals surface area contributed by atoms with Gasteiger partial charge in [0.15, 0.2) is 11.3 Å². The molecule has 0 saturated carbocycles. The molecule has 8 heteroatoms. The summed E-state index contributed by atoms with van der Waals surface area (Å²) >= 11 is 0. The van der Waals surface area contributed by atoms with Crippen LogP contribution >= 0.6 is 0 Å². The Morgan fingerprint density at radius 2 is 1.90 bits per heavy atom. The number of imidazole rings is 1. The van der Waals surface area contributed by atoms with Gasteiger partial charge in [-0.25, -0.2) is 9.97 Å². The van der Waals surface area contributed by atoms with Gasteiger partial charge in [-0.05, 0) is 38.4 Å². The van der Waals surface area contributed by atoms with Crippen molar-refractivity contribution in [3.8, 4) is 0 Å². The first-order valence-corrected chi connectivity index (χ1v) is 10.5. The quantitative estimate of drug-likeness (QED) is 0.680. The highest BCUT2D eigenvalue weighted by Crippen LogP contribution is 2.26. The lowest BCUT2D eigenvalue weighted by atomic mass is 10.0. The van der Waals surface area contributed by atoms with Crippen LogP contribution in [-0.2, 0) is 11.2 Å². The standard InChI is InChI=1S/C23H28N6O2/c1-15-18(16(2)29-14-25-21(22(24)31)23(29)26-15)9-10-20(30)28-12-11-27(3)13-19(28)17-7-5-4-6-8-17/h4-8,14,19H,9-13H2,1-3H3,(H2,24,31). The SMILES string of the molecule is Cc1nc2c(C(N)=O)ncn2c(C)c1CCC(=O)N1CCN(C)CC1c1ccccc1. The average molecular weight is 421 g/mol. The molecular weight excluding hydrogens is 392 g/mol. The van der Waals surface area contributed by atoms with Gasteiger partial charge in [0.1, 0.15) is 6.33 Å². The molecular formula is C23H28N6O2. The molecule has 3 aromatic rings. The Labute approximate surface area is 181 Å². The van der Waals surface area contributed by atoms with E-state index in [9.17, 15) is 9.59 Å². The van der Waals surface area contributed by atoms with E-state index in [0.717, 1.165) is 35.6 Å². The number of nitrogens with zero attached hydrogens (tertiary/aromatic N) is 5. The molecule has 1 unspecified atom stereocenters. The van der Waals surface area contributed by atoms with Crippen LogP contribution in [0.2, 0.25) is 0 Å². The molecule has 1 fully saturated rings. The number of fused-ring (bicyclic) bond motifs is 1. The monoisotopic (exact) mass is 420 g/mol. The second-order valence-corrected chi connectivity index (χ2v) is 8.19. The Hall–Kier alpha value is -3.26. The molecule has 0 aliphatic carbocycles. The molecule has 0 spiro atoms. The van der Waals surface area contributed by atoms with E-state index in [-0.39, 0.29) is 17.6 Å². The van der Waals surface area contributed by atoms with Crippen LogP contribution in [0.1, 0.15) is 45.5 Å². The zero-order valence-corrected chi connectivity index (χ0v) is 18.2. The summed E-state index contributed by atoms with van der Waals surface area (Å²) in [5, 5.41) is 0.